The van der Waals surface area contributed by atoms with Gasteiger partial charge in [0.2, 0.25) is 11.8 Å². The van der Waals surface area contributed by atoms with E-state index in [1.165, 1.54) is 40.5 Å². The van der Waals surface area contributed by atoms with Gasteiger partial charge in [0.1, 0.15) is 0 Å². The molecule has 0 unspecified atom stereocenters. The number of methoxy groups -OCH3 is 2. The molecule has 0 spiro atoms. The van der Waals surface area contributed by atoms with E-state index in [2.05, 4.69) is 4.98 Å². The molecule has 7 rings (SSSR count). The lowest BCUT2D eigenvalue weighted by molar-refractivity contribution is -0.384. The molecule has 39 heavy (non-hydrogen) atoms. The molecule has 0 radical (unpaired) electrons. The number of benzene rings is 2. The number of thiazole rings is 1. The summed E-state index contributed by atoms with van der Waals surface area (Å²) in [4.78, 5) is 55.7. The van der Waals surface area contributed by atoms with Crippen molar-refractivity contribution in [3.8, 4) is 11.5 Å². The van der Waals surface area contributed by atoms with Crippen molar-refractivity contribution < 1.29 is 24.0 Å². The van der Waals surface area contributed by atoms with Crippen molar-refractivity contribution in [1.29, 1.82) is 0 Å². The number of fused-ring (bicyclic) bond motifs is 9. The van der Waals surface area contributed by atoms with Gasteiger partial charge in [-0.3, -0.25) is 29.4 Å². The molecule has 7 atom stereocenters. The standard InChI is InChI=1S/C27H23N3O7S2/c1-36-16-8-3-11(9-17(16)37-2)18-19-14-10-15(22(19)38-24-23(18)39-27(33)28-24)21-20(14)25(31)29(26(21)32)12-4-6-13(7-5-12)30(34)35/h3-9,14-15,18-22H,10H2,1-2H3,(H,28,33)/t14-,15-,18+,19+,20+,21+,22-/m1/s1. The number of non-ortho nitro benzene ring substituents is 1. The predicted molar refractivity (Wildman–Crippen MR) is 144 cm³/mol. The Bertz CT molecular complexity index is 1600. The molecule has 2 aromatic carbocycles. The van der Waals surface area contributed by atoms with Crippen molar-refractivity contribution in [3.63, 3.8) is 0 Å². The molecule has 200 valence electrons. The number of imide groups is 1. The Balaban J connectivity index is 1.30. The summed E-state index contributed by atoms with van der Waals surface area (Å²) < 4.78 is 11.0. The van der Waals surface area contributed by atoms with Crippen LogP contribution >= 0.6 is 23.1 Å². The van der Waals surface area contributed by atoms with Crippen molar-refractivity contribution in [2.75, 3.05) is 19.1 Å². The Kier molecular flexibility index (Phi) is 5.43. The molecule has 4 aliphatic rings. The first-order valence-electron chi connectivity index (χ1n) is 12.6. The second kappa shape index (κ2) is 8.68. The summed E-state index contributed by atoms with van der Waals surface area (Å²) in [5.74, 6) is -0.334. The molecule has 2 bridgehead atoms. The van der Waals surface area contributed by atoms with E-state index in [4.69, 9.17) is 9.47 Å². The molecule has 10 nitrogen and oxygen atoms in total. The number of nitro benzene ring substituents is 1. The van der Waals surface area contributed by atoms with Crippen LogP contribution in [0.1, 0.15) is 22.8 Å². The Hall–Kier alpha value is -3.64. The summed E-state index contributed by atoms with van der Waals surface area (Å²) in [6.45, 7) is 0. The number of nitrogens with zero attached hydrogens (tertiary/aromatic N) is 2. The van der Waals surface area contributed by atoms with Gasteiger partial charge < -0.3 is 14.5 Å². The molecule has 3 heterocycles. The van der Waals surface area contributed by atoms with Crippen molar-refractivity contribution >= 4 is 46.3 Å². The smallest absolute Gasteiger partial charge is 0.305 e. The second-order valence-electron chi connectivity index (χ2n) is 10.4. The lowest BCUT2D eigenvalue weighted by Crippen LogP contribution is -2.42. The molecule has 2 amide bonds. The fourth-order valence-corrected chi connectivity index (χ4v) is 10.3. The number of anilines is 1. The molecule has 2 saturated carbocycles. The van der Waals surface area contributed by atoms with Crippen LogP contribution in [0.4, 0.5) is 11.4 Å². The Morgan fingerprint density at radius 1 is 0.974 bits per heavy atom. The van der Waals surface area contributed by atoms with Crippen LogP contribution < -0.4 is 19.2 Å². The van der Waals surface area contributed by atoms with Gasteiger partial charge in [0.25, 0.3) is 5.69 Å². The number of carbonyl (C=O) groups excluding carboxylic acids is 2. The van der Waals surface area contributed by atoms with Crippen molar-refractivity contribution in [2.45, 2.75) is 22.6 Å². The molecular weight excluding hydrogens is 542 g/mol. The normalized spacial score (nSPS) is 30.2. The number of rotatable bonds is 5. The van der Waals surface area contributed by atoms with Gasteiger partial charge in [0.15, 0.2) is 11.5 Å². The Labute approximate surface area is 230 Å². The maximum atomic E-state index is 13.8. The number of hydrogen-bond acceptors (Lipinski definition) is 9. The first-order chi connectivity index (χ1) is 18.8. The highest BCUT2D eigenvalue weighted by Gasteiger charge is 2.69. The molecule has 3 aromatic rings. The number of carbonyl (C=O) groups is 2. The average Bonchev–Trinajstić information content (AvgIpc) is 3.67. The van der Waals surface area contributed by atoms with E-state index < -0.39 is 16.8 Å². The third-order valence-corrected chi connectivity index (χ3v) is 11.4. The van der Waals surface area contributed by atoms with E-state index in [1.54, 1.807) is 26.0 Å². The van der Waals surface area contributed by atoms with E-state index in [0.29, 0.717) is 17.2 Å². The maximum absolute atomic E-state index is 13.8. The summed E-state index contributed by atoms with van der Waals surface area (Å²) in [7, 11) is 3.16. The zero-order chi connectivity index (χ0) is 27.2. The van der Waals surface area contributed by atoms with E-state index in [1.807, 2.05) is 18.2 Å². The van der Waals surface area contributed by atoms with Crippen LogP contribution in [0.25, 0.3) is 0 Å². The summed E-state index contributed by atoms with van der Waals surface area (Å²) in [5, 5.41) is 12.0. The average molecular weight is 566 g/mol. The van der Waals surface area contributed by atoms with Gasteiger partial charge in [0.05, 0.1) is 41.7 Å². The minimum Gasteiger partial charge on any atom is -0.493 e. The fraction of sp³-hybridized carbons (Fsp3) is 0.370. The van der Waals surface area contributed by atoms with Crippen LogP contribution in [0.2, 0.25) is 0 Å². The quantitative estimate of drug-likeness (QED) is 0.279. The number of aromatic amines is 1. The third-order valence-electron chi connectivity index (χ3n) is 8.81. The molecule has 3 fully saturated rings. The molecule has 1 saturated heterocycles. The van der Waals surface area contributed by atoms with Gasteiger partial charge in [-0.25, -0.2) is 0 Å². The van der Waals surface area contributed by atoms with Crippen molar-refractivity contribution in [1.82, 2.24) is 4.98 Å². The minimum atomic E-state index is -0.508. The monoisotopic (exact) mass is 565 g/mol. The van der Waals surface area contributed by atoms with Crippen molar-refractivity contribution in [2.24, 2.45) is 29.6 Å². The number of thioether (sulfide) groups is 1. The van der Waals surface area contributed by atoms with E-state index >= 15 is 0 Å². The van der Waals surface area contributed by atoms with Crippen LogP contribution in [0.3, 0.4) is 0 Å². The van der Waals surface area contributed by atoms with E-state index in [-0.39, 0.29) is 51.3 Å². The maximum Gasteiger partial charge on any atom is 0.305 e. The lowest BCUT2D eigenvalue weighted by atomic mass is 9.68. The summed E-state index contributed by atoms with van der Waals surface area (Å²) in [6.07, 6.45) is 0.770. The van der Waals surface area contributed by atoms with Gasteiger partial charge >= 0.3 is 4.87 Å². The van der Waals surface area contributed by atoms with Gasteiger partial charge in [0, 0.05) is 28.2 Å². The Morgan fingerprint density at radius 3 is 2.33 bits per heavy atom. The molecule has 1 aromatic heterocycles. The number of nitro groups is 1. The zero-order valence-corrected chi connectivity index (χ0v) is 22.5. The van der Waals surface area contributed by atoms with Crippen LogP contribution in [0, 0.1) is 39.7 Å². The first-order valence-corrected chi connectivity index (χ1v) is 14.3. The largest absolute Gasteiger partial charge is 0.493 e. The number of aromatic nitrogens is 1. The summed E-state index contributed by atoms with van der Waals surface area (Å²) in [5.41, 5.74) is 1.24. The molecule has 12 heteroatoms. The number of nitrogens with one attached hydrogen (secondary N) is 1. The predicted octanol–water partition coefficient (Wildman–Crippen LogP) is 4.04. The van der Waals surface area contributed by atoms with Crippen LogP contribution in [-0.4, -0.2) is 41.2 Å². The van der Waals surface area contributed by atoms with Crippen LogP contribution in [0.15, 0.2) is 52.3 Å². The highest BCUT2D eigenvalue weighted by Crippen LogP contribution is 2.68. The number of amides is 2. The topological polar surface area (TPSA) is 132 Å². The number of ether oxygens (including phenoxy) is 2. The van der Waals surface area contributed by atoms with E-state index in [0.717, 1.165) is 21.9 Å². The molecule has 1 N–H and O–H groups in total. The van der Waals surface area contributed by atoms with Crippen LogP contribution in [0.5, 0.6) is 11.5 Å². The number of H-pyrrole nitrogens is 1. The summed E-state index contributed by atoms with van der Waals surface area (Å²) >= 11 is 2.82. The number of hydrogen-bond donors (Lipinski definition) is 1. The highest BCUT2D eigenvalue weighted by atomic mass is 32.2. The summed E-state index contributed by atoms with van der Waals surface area (Å²) in [6, 6.07) is 11.4. The first kappa shape index (κ1) is 24.4. The SMILES string of the molecule is COc1ccc([C@@H]2c3sc(=O)[nH]c3S[C@@H]3[C@@H]4C[C@@H]([C@@H]5C(=O)N(c6ccc([N+](=O)[O-])cc6)C(=O)[C@@H]45)[C@@H]23)cc1OC. The molecular formula is C27H23N3O7S2. The molecule has 2 aliphatic carbocycles. The van der Waals surface area contributed by atoms with Crippen molar-refractivity contribution in [3.05, 3.63) is 72.7 Å². The zero-order valence-electron chi connectivity index (χ0n) is 20.9. The van der Waals surface area contributed by atoms with Crippen LogP contribution in [-0.2, 0) is 9.59 Å². The van der Waals surface area contributed by atoms with Gasteiger partial charge in [-0.2, -0.15) is 0 Å². The van der Waals surface area contributed by atoms with Gasteiger partial charge in [-0.1, -0.05) is 17.4 Å². The van der Waals surface area contributed by atoms with Gasteiger partial charge in [-0.15, -0.1) is 11.8 Å². The highest BCUT2D eigenvalue weighted by molar-refractivity contribution is 8.00. The minimum absolute atomic E-state index is 0.0197. The Morgan fingerprint density at radius 2 is 1.67 bits per heavy atom. The van der Waals surface area contributed by atoms with E-state index in [9.17, 15) is 24.5 Å². The lowest BCUT2D eigenvalue weighted by Gasteiger charge is -2.43. The molecule has 2 aliphatic heterocycles. The fourth-order valence-electron chi connectivity index (χ4n) is 7.41. The third kappa shape index (κ3) is 3.37. The second-order valence-corrected chi connectivity index (χ2v) is 12.6. The van der Waals surface area contributed by atoms with Gasteiger partial charge in [-0.05, 0) is 54.0 Å².